The maximum absolute atomic E-state index is 12.6. The Morgan fingerprint density at radius 2 is 1.88 bits per heavy atom. The van der Waals surface area contributed by atoms with Crippen LogP contribution in [0.25, 0.3) is 11.4 Å². The Hall–Kier alpha value is -3.08. The van der Waals surface area contributed by atoms with E-state index in [1.165, 1.54) is 0 Å². The number of hydrogen-bond acceptors (Lipinski definition) is 4. The summed E-state index contributed by atoms with van der Waals surface area (Å²) < 4.78 is 0. The van der Waals surface area contributed by atoms with Gasteiger partial charge in [-0.25, -0.2) is 9.97 Å². The number of amides is 1. The molecule has 0 bridgehead atoms. The topological polar surface area (TPSA) is 67.8 Å². The second-order valence-electron chi connectivity index (χ2n) is 6.18. The van der Waals surface area contributed by atoms with Gasteiger partial charge in [0.15, 0.2) is 5.82 Å². The SMILES string of the molecule is CCc1ccccc1C(=O)N[C@H](C)c1cnc(-c2ccncc2)nc1C. The molecular weight excluding hydrogens is 324 g/mol. The number of hydrogen-bond donors (Lipinski definition) is 1. The minimum Gasteiger partial charge on any atom is -0.345 e. The highest BCUT2D eigenvalue weighted by Gasteiger charge is 2.16. The summed E-state index contributed by atoms with van der Waals surface area (Å²) >= 11 is 0. The first-order chi connectivity index (χ1) is 12.6. The van der Waals surface area contributed by atoms with Gasteiger partial charge in [-0.1, -0.05) is 25.1 Å². The van der Waals surface area contributed by atoms with Crippen LogP contribution in [-0.4, -0.2) is 20.9 Å². The van der Waals surface area contributed by atoms with Crippen molar-refractivity contribution in [2.24, 2.45) is 0 Å². The molecule has 0 aliphatic rings. The molecule has 1 N–H and O–H groups in total. The maximum Gasteiger partial charge on any atom is 0.252 e. The van der Waals surface area contributed by atoms with Gasteiger partial charge >= 0.3 is 0 Å². The number of carbonyl (C=O) groups excluding carboxylic acids is 1. The minimum atomic E-state index is -0.182. The molecule has 3 aromatic rings. The summed E-state index contributed by atoms with van der Waals surface area (Å²) in [4.78, 5) is 25.7. The van der Waals surface area contributed by atoms with Crippen LogP contribution in [0, 0.1) is 6.92 Å². The van der Waals surface area contributed by atoms with E-state index >= 15 is 0 Å². The van der Waals surface area contributed by atoms with Gasteiger partial charge < -0.3 is 5.32 Å². The van der Waals surface area contributed by atoms with E-state index in [1.807, 2.05) is 57.2 Å². The molecule has 0 radical (unpaired) electrons. The molecule has 0 saturated carbocycles. The third-order valence-corrected chi connectivity index (χ3v) is 4.41. The van der Waals surface area contributed by atoms with Crippen LogP contribution in [0.5, 0.6) is 0 Å². The second kappa shape index (κ2) is 7.87. The van der Waals surface area contributed by atoms with Crippen LogP contribution in [0.4, 0.5) is 0 Å². The molecule has 5 heteroatoms. The van der Waals surface area contributed by atoms with Crippen LogP contribution in [-0.2, 0) is 6.42 Å². The largest absolute Gasteiger partial charge is 0.345 e. The average Bonchev–Trinajstić information content (AvgIpc) is 2.68. The summed E-state index contributed by atoms with van der Waals surface area (Å²) in [5.41, 5.74) is 4.43. The van der Waals surface area contributed by atoms with Gasteiger partial charge in [-0.05, 0) is 44.0 Å². The Labute approximate surface area is 153 Å². The van der Waals surface area contributed by atoms with Crippen molar-refractivity contribution in [3.63, 3.8) is 0 Å². The first kappa shape index (κ1) is 17.7. The Bertz CT molecular complexity index is 909. The van der Waals surface area contributed by atoms with Gasteiger partial charge in [-0.3, -0.25) is 9.78 Å². The number of pyridine rings is 1. The van der Waals surface area contributed by atoms with Crippen molar-refractivity contribution < 1.29 is 4.79 Å². The lowest BCUT2D eigenvalue weighted by molar-refractivity contribution is 0.0939. The lowest BCUT2D eigenvalue weighted by atomic mass is 10.0. The summed E-state index contributed by atoms with van der Waals surface area (Å²) in [5, 5.41) is 3.06. The molecule has 0 spiro atoms. The van der Waals surface area contributed by atoms with E-state index in [-0.39, 0.29) is 11.9 Å². The van der Waals surface area contributed by atoms with Crippen molar-refractivity contribution in [3.05, 3.63) is 77.4 Å². The van der Waals surface area contributed by atoms with E-state index in [1.54, 1.807) is 18.6 Å². The highest BCUT2D eigenvalue weighted by molar-refractivity contribution is 5.95. The monoisotopic (exact) mass is 346 g/mol. The van der Waals surface area contributed by atoms with Gasteiger partial charge in [0.05, 0.1) is 6.04 Å². The molecule has 0 aliphatic carbocycles. The highest BCUT2D eigenvalue weighted by atomic mass is 16.1. The smallest absolute Gasteiger partial charge is 0.252 e. The number of benzene rings is 1. The zero-order chi connectivity index (χ0) is 18.5. The van der Waals surface area contributed by atoms with Gasteiger partial charge in [-0.2, -0.15) is 0 Å². The first-order valence-corrected chi connectivity index (χ1v) is 8.72. The number of aromatic nitrogens is 3. The van der Waals surface area contributed by atoms with E-state index in [9.17, 15) is 4.79 Å². The third-order valence-electron chi connectivity index (χ3n) is 4.41. The van der Waals surface area contributed by atoms with Crippen molar-refractivity contribution >= 4 is 5.91 Å². The van der Waals surface area contributed by atoms with E-state index in [0.717, 1.165) is 28.8 Å². The predicted octanol–water partition coefficient (Wildman–Crippen LogP) is 3.90. The Morgan fingerprint density at radius 3 is 2.58 bits per heavy atom. The van der Waals surface area contributed by atoms with Crippen molar-refractivity contribution in [3.8, 4) is 11.4 Å². The molecule has 0 aliphatic heterocycles. The number of nitrogens with one attached hydrogen (secondary N) is 1. The summed E-state index contributed by atoms with van der Waals surface area (Å²) in [7, 11) is 0. The summed E-state index contributed by atoms with van der Waals surface area (Å²) in [6, 6.07) is 11.3. The zero-order valence-electron chi connectivity index (χ0n) is 15.2. The number of carbonyl (C=O) groups is 1. The van der Waals surface area contributed by atoms with Crippen molar-refractivity contribution in [2.45, 2.75) is 33.2 Å². The van der Waals surface area contributed by atoms with Crippen LogP contribution in [0.3, 0.4) is 0 Å². The summed E-state index contributed by atoms with van der Waals surface area (Å²) in [6.45, 7) is 5.93. The van der Waals surface area contributed by atoms with Gasteiger partial charge in [0.1, 0.15) is 0 Å². The fourth-order valence-corrected chi connectivity index (χ4v) is 2.94. The molecule has 3 rings (SSSR count). The molecule has 26 heavy (non-hydrogen) atoms. The van der Waals surface area contributed by atoms with Crippen LogP contribution >= 0.6 is 0 Å². The fraction of sp³-hybridized carbons (Fsp3) is 0.238. The van der Waals surface area contributed by atoms with Gasteiger partial charge in [0.25, 0.3) is 5.91 Å². The van der Waals surface area contributed by atoms with Gasteiger partial charge in [-0.15, -0.1) is 0 Å². The standard InChI is InChI=1S/C21H22N4O/c1-4-16-7-5-6-8-18(16)21(26)25-15(3)19-13-23-20(24-14(19)2)17-9-11-22-12-10-17/h5-13,15H,4H2,1-3H3,(H,25,26)/t15-/m1/s1. The summed E-state index contributed by atoms with van der Waals surface area (Å²) in [6.07, 6.45) is 6.04. The molecule has 1 atom stereocenters. The van der Waals surface area contributed by atoms with Crippen LogP contribution < -0.4 is 5.32 Å². The fourth-order valence-electron chi connectivity index (χ4n) is 2.94. The van der Waals surface area contributed by atoms with Gasteiger partial charge in [0.2, 0.25) is 0 Å². The Morgan fingerprint density at radius 1 is 1.15 bits per heavy atom. The predicted molar refractivity (Wildman–Crippen MR) is 102 cm³/mol. The van der Waals surface area contributed by atoms with Crippen LogP contribution in [0.2, 0.25) is 0 Å². The average molecular weight is 346 g/mol. The number of rotatable bonds is 5. The lowest BCUT2D eigenvalue weighted by Crippen LogP contribution is -2.28. The van der Waals surface area contributed by atoms with Gasteiger partial charge in [0, 0.05) is 41.0 Å². The molecule has 1 aromatic carbocycles. The molecule has 132 valence electrons. The third kappa shape index (κ3) is 3.77. The van der Waals surface area contributed by atoms with E-state index in [4.69, 9.17) is 0 Å². The second-order valence-corrected chi connectivity index (χ2v) is 6.18. The van der Waals surface area contributed by atoms with Crippen molar-refractivity contribution in [1.82, 2.24) is 20.3 Å². The van der Waals surface area contributed by atoms with Crippen LogP contribution in [0.1, 0.15) is 47.1 Å². The molecular formula is C21H22N4O. The van der Waals surface area contributed by atoms with Crippen LogP contribution in [0.15, 0.2) is 55.0 Å². The molecule has 0 saturated heterocycles. The number of nitrogens with zero attached hydrogens (tertiary/aromatic N) is 3. The highest BCUT2D eigenvalue weighted by Crippen LogP contribution is 2.20. The Kier molecular flexibility index (Phi) is 5.37. The van der Waals surface area contributed by atoms with Crippen molar-refractivity contribution in [2.75, 3.05) is 0 Å². The molecule has 1 amide bonds. The van der Waals surface area contributed by atoms with Crippen molar-refractivity contribution in [1.29, 1.82) is 0 Å². The summed E-state index contributed by atoms with van der Waals surface area (Å²) in [5.74, 6) is 0.580. The quantitative estimate of drug-likeness (QED) is 0.761. The van der Waals surface area contributed by atoms with E-state index < -0.39 is 0 Å². The zero-order valence-corrected chi connectivity index (χ0v) is 15.2. The Balaban J connectivity index is 1.80. The number of aryl methyl sites for hydroxylation is 2. The molecule has 2 aromatic heterocycles. The maximum atomic E-state index is 12.6. The molecule has 2 heterocycles. The molecule has 5 nitrogen and oxygen atoms in total. The molecule has 0 unspecified atom stereocenters. The van der Waals surface area contributed by atoms with E-state index in [2.05, 4.69) is 20.3 Å². The minimum absolute atomic E-state index is 0.0763. The first-order valence-electron chi connectivity index (χ1n) is 8.72. The lowest BCUT2D eigenvalue weighted by Gasteiger charge is -2.17. The van der Waals surface area contributed by atoms with E-state index in [0.29, 0.717) is 11.4 Å². The normalized spacial score (nSPS) is 11.8. The molecule has 0 fully saturated rings.